The van der Waals surface area contributed by atoms with Gasteiger partial charge in [0.15, 0.2) is 5.84 Å². The number of carbonyl (C=O) groups is 1. The van der Waals surface area contributed by atoms with Crippen molar-refractivity contribution in [1.82, 2.24) is 4.31 Å². The number of carbonyl (C=O) groups excluding carboxylic acids is 1. The molecule has 0 N–H and O–H groups in total. The summed E-state index contributed by atoms with van der Waals surface area (Å²) >= 11 is 0. The molecule has 3 heterocycles. The van der Waals surface area contributed by atoms with E-state index in [4.69, 9.17) is 4.74 Å². The Morgan fingerprint density at radius 1 is 1.11 bits per heavy atom. The highest BCUT2D eigenvalue weighted by atomic mass is 32.2. The normalized spacial score (nSPS) is 21.8. The molecule has 5 rings (SSSR count). The van der Waals surface area contributed by atoms with Crippen LogP contribution in [-0.4, -0.2) is 56.6 Å². The highest BCUT2D eigenvalue weighted by Gasteiger charge is 2.42. The van der Waals surface area contributed by atoms with Crippen molar-refractivity contribution in [2.45, 2.75) is 63.8 Å². The smallest absolute Gasteiger partial charge is 0.243 e. The molecule has 1 saturated heterocycles. The topological polar surface area (TPSA) is 79.3 Å². The summed E-state index contributed by atoms with van der Waals surface area (Å²) in [7, 11) is -3.78. The maximum Gasteiger partial charge on any atom is 0.243 e. The Balaban J connectivity index is 1.34. The largest absolute Gasteiger partial charge is 0.492 e. The lowest BCUT2D eigenvalue weighted by molar-refractivity contribution is 0.106. The summed E-state index contributed by atoms with van der Waals surface area (Å²) in [5, 5.41) is 0. The summed E-state index contributed by atoms with van der Waals surface area (Å²) < 4.78 is 34.8. The molecule has 7 nitrogen and oxygen atoms in total. The number of fused-ring (bicyclic) bond motifs is 3. The third-order valence-electron chi connectivity index (χ3n) is 7.30. The second kappa shape index (κ2) is 8.70. The fourth-order valence-electron chi connectivity index (χ4n) is 5.21. The molecule has 36 heavy (non-hydrogen) atoms. The Bertz CT molecular complexity index is 1320. The van der Waals surface area contributed by atoms with E-state index in [1.165, 1.54) is 15.9 Å². The van der Waals surface area contributed by atoms with Gasteiger partial charge in [-0.25, -0.2) is 8.42 Å². The first-order valence-corrected chi connectivity index (χ1v) is 14.1. The molecule has 0 amide bonds. The van der Waals surface area contributed by atoms with Crippen LogP contribution in [0.1, 0.15) is 63.4 Å². The zero-order chi connectivity index (χ0) is 25.9. The van der Waals surface area contributed by atoms with Crippen LogP contribution in [0.25, 0.3) is 0 Å². The monoisotopic (exact) mass is 509 g/mol. The molecule has 0 unspecified atom stereocenters. The van der Waals surface area contributed by atoms with Gasteiger partial charge in [-0.2, -0.15) is 4.31 Å². The Labute approximate surface area is 214 Å². The molecule has 2 aromatic carbocycles. The maximum absolute atomic E-state index is 13.7. The fourth-order valence-corrected chi connectivity index (χ4v) is 6.91. The molecular formula is C28H35N3O4S. The average molecular weight is 510 g/mol. The number of aliphatic imine (C=N–C) groups is 1. The molecule has 0 aromatic heterocycles. The minimum atomic E-state index is -3.78. The van der Waals surface area contributed by atoms with Crippen LogP contribution in [0.15, 0.2) is 52.4 Å². The van der Waals surface area contributed by atoms with Crippen molar-refractivity contribution in [3.63, 3.8) is 0 Å². The molecule has 0 saturated carbocycles. The molecule has 192 valence electrons. The molecule has 1 atom stereocenters. The zero-order valence-corrected chi connectivity index (χ0v) is 22.6. The van der Waals surface area contributed by atoms with Gasteiger partial charge < -0.3 is 9.64 Å². The minimum absolute atomic E-state index is 0.0496. The van der Waals surface area contributed by atoms with E-state index in [1.807, 2.05) is 17.0 Å². The Morgan fingerprint density at radius 2 is 1.83 bits per heavy atom. The lowest BCUT2D eigenvalue weighted by Gasteiger charge is -2.34. The summed E-state index contributed by atoms with van der Waals surface area (Å²) in [6.45, 7) is 12.7. The standard InChI is InChI=1S/C28H35N3O4S/c1-27(2,3)19-8-10-21(11-9-19)35-16-20-7-6-14-31(20)36(33,34)22-12-13-24-23(15-22)25(32)26-29-17-28(4,5)18-30(24)26/h8-13,15,20H,6-7,14,16-18H2,1-5H3/t20-/m0/s1. The van der Waals surface area contributed by atoms with E-state index in [0.29, 0.717) is 31.0 Å². The number of amidine groups is 1. The number of ether oxygens (including phenoxy) is 1. The number of ketones is 1. The second-order valence-corrected chi connectivity index (χ2v) is 13.8. The van der Waals surface area contributed by atoms with Crippen molar-refractivity contribution in [2.75, 3.05) is 31.1 Å². The van der Waals surface area contributed by atoms with Gasteiger partial charge in [0.25, 0.3) is 0 Å². The van der Waals surface area contributed by atoms with E-state index in [-0.39, 0.29) is 34.2 Å². The number of hydrogen-bond acceptors (Lipinski definition) is 6. The van der Waals surface area contributed by atoms with Crippen molar-refractivity contribution in [2.24, 2.45) is 10.4 Å². The lowest BCUT2D eigenvalue weighted by atomic mass is 9.87. The highest BCUT2D eigenvalue weighted by Crippen LogP contribution is 2.38. The van der Waals surface area contributed by atoms with Gasteiger partial charge in [0.2, 0.25) is 15.8 Å². The molecular weight excluding hydrogens is 474 g/mol. The van der Waals surface area contributed by atoms with E-state index in [9.17, 15) is 13.2 Å². The highest BCUT2D eigenvalue weighted by molar-refractivity contribution is 7.89. The lowest BCUT2D eigenvalue weighted by Crippen LogP contribution is -2.44. The quantitative estimate of drug-likeness (QED) is 0.586. The van der Waals surface area contributed by atoms with Crippen LogP contribution in [0.3, 0.4) is 0 Å². The van der Waals surface area contributed by atoms with Gasteiger partial charge in [-0.3, -0.25) is 9.79 Å². The molecule has 3 aliphatic heterocycles. The summed E-state index contributed by atoms with van der Waals surface area (Å²) in [6.07, 6.45) is 1.52. The van der Waals surface area contributed by atoms with Crippen molar-refractivity contribution in [1.29, 1.82) is 0 Å². The number of sulfonamides is 1. The molecule has 0 spiro atoms. The van der Waals surface area contributed by atoms with E-state index in [1.54, 1.807) is 12.1 Å². The molecule has 1 fully saturated rings. The molecule has 0 aliphatic carbocycles. The summed E-state index contributed by atoms with van der Waals surface area (Å²) in [5.74, 6) is 0.956. The minimum Gasteiger partial charge on any atom is -0.492 e. The Kier molecular flexibility index (Phi) is 6.03. The van der Waals surface area contributed by atoms with E-state index < -0.39 is 10.0 Å². The van der Waals surface area contributed by atoms with Gasteiger partial charge in [0, 0.05) is 25.0 Å². The molecule has 3 aliphatic rings. The first-order chi connectivity index (χ1) is 16.9. The fraction of sp³-hybridized carbons (Fsp3) is 0.500. The van der Waals surface area contributed by atoms with Crippen LogP contribution in [-0.2, 0) is 15.4 Å². The van der Waals surface area contributed by atoms with Crippen LogP contribution in [0.4, 0.5) is 5.69 Å². The number of Topliss-reactive ketones (excluding diaryl/α,β-unsaturated/α-hetero) is 1. The Morgan fingerprint density at radius 3 is 2.53 bits per heavy atom. The van der Waals surface area contributed by atoms with Crippen LogP contribution in [0.2, 0.25) is 0 Å². The molecule has 0 bridgehead atoms. The maximum atomic E-state index is 13.7. The first kappa shape index (κ1) is 25.0. The predicted octanol–water partition coefficient (Wildman–Crippen LogP) is 4.66. The van der Waals surface area contributed by atoms with Crippen molar-refractivity contribution < 1.29 is 17.9 Å². The van der Waals surface area contributed by atoms with E-state index in [0.717, 1.165) is 24.3 Å². The summed E-state index contributed by atoms with van der Waals surface area (Å²) in [6, 6.07) is 12.6. The van der Waals surface area contributed by atoms with E-state index in [2.05, 4.69) is 51.7 Å². The van der Waals surface area contributed by atoms with Gasteiger partial charge in [-0.15, -0.1) is 0 Å². The summed E-state index contributed by atoms with van der Waals surface area (Å²) in [5.41, 5.74) is 2.39. The molecule has 8 heteroatoms. The number of nitrogens with zero attached hydrogens (tertiary/aromatic N) is 3. The van der Waals surface area contributed by atoms with Crippen LogP contribution < -0.4 is 9.64 Å². The summed E-state index contributed by atoms with van der Waals surface area (Å²) in [4.78, 5) is 19.6. The van der Waals surface area contributed by atoms with Crippen molar-refractivity contribution in [3.8, 4) is 5.75 Å². The van der Waals surface area contributed by atoms with Gasteiger partial charge in [0.1, 0.15) is 12.4 Å². The SMILES string of the molecule is CC1(C)CN=C2C(=O)c3cc(S(=O)(=O)N4CCC[C@H]4COc4ccc(C(C)(C)C)cc4)ccc3N2C1. The number of benzene rings is 2. The Hall–Kier alpha value is -2.71. The molecule has 0 radical (unpaired) electrons. The second-order valence-electron chi connectivity index (χ2n) is 11.9. The van der Waals surface area contributed by atoms with Crippen LogP contribution in [0, 0.1) is 5.41 Å². The van der Waals surface area contributed by atoms with Gasteiger partial charge in [-0.05, 0) is 54.2 Å². The number of anilines is 1. The zero-order valence-electron chi connectivity index (χ0n) is 21.7. The van der Waals surface area contributed by atoms with E-state index >= 15 is 0 Å². The first-order valence-electron chi connectivity index (χ1n) is 12.6. The van der Waals surface area contributed by atoms with Gasteiger partial charge in [-0.1, -0.05) is 46.8 Å². The third-order valence-corrected chi connectivity index (χ3v) is 9.25. The average Bonchev–Trinajstić information content (AvgIpc) is 3.40. The predicted molar refractivity (Wildman–Crippen MR) is 142 cm³/mol. The number of hydrogen-bond donors (Lipinski definition) is 0. The van der Waals surface area contributed by atoms with Crippen LogP contribution >= 0.6 is 0 Å². The molecule has 2 aromatic rings. The van der Waals surface area contributed by atoms with Gasteiger partial charge >= 0.3 is 0 Å². The van der Waals surface area contributed by atoms with Gasteiger partial charge in [0.05, 0.1) is 22.2 Å². The number of rotatable bonds is 5. The van der Waals surface area contributed by atoms with Crippen LogP contribution in [0.5, 0.6) is 5.75 Å². The van der Waals surface area contributed by atoms with Crippen molar-refractivity contribution in [3.05, 3.63) is 53.6 Å². The third kappa shape index (κ3) is 4.45. The van der Waals surface area contributed by atoms with Crippen molar-refractivity contribution >= 4 is 27.3 Å².